The van der Waals surface area contributed by atoms with Gasteiger partial charge in [0.05, 0.1) is 36.7 Å². The molecule has 1 aromatic carbocycles. The summed E-state index contributed by atoms with van der Waals surface area (Å²) in [4.78, 5) is 23.7. The first-order chi connectivity index (χ1) is 13.1. The fourth-order valence-corrected chi connectivity index (χ4v) is 2.94. The van der Waals surface area contributed by atoms with Gasteiger partial charge in [0, 0.05) is 11.8 Å². The van der Waals surface area contributed by atoms with Gasteiger partial charge in [-0.05, 0) is 25.5 Å². The normalized spacial score (nSPS) is 12.0. The van der Waals surface area contributed by atoms with Gasteiger partial charge < -0.3 is 14.4 Å². The Bertz CT molecular complexity index is 875. The number of carbonyl (C=O) groups excluding carboxylic acids is 1. The molecule has 2 heterocycles. The standard InChI is InChI=1S/C21H23N3O3/c1-3-17(14-25)24(13-18-10-7-11-27-18)21(26)19-12-22-20(23-15(19)2)16-8-5-4-6-9-16/h4-12,17,25H,3,13-14H2,1-2H3. The molecule has 6 nitrogen and oxygen atoms in total. The van der Waals surface area contributed by atoms with Crippen molar-refractivity contribution in [2.45, 2.75) is 32.9 Å². The summed E-state index contributed by atoms with van der Waals surface area (Å²) in [7, 11) is 0. The van der Waals surface area contributed by atoms with Gasteiger partial charge in [0.15, 0.2) is 5.82 Å². The third-order valence-electron chi connectivity index (χ3n) is 4.53. The van der Waals surface area contributed by atoms with Gasteiger partial charge in [0.2, 0.25) is 0 Å². The number of carbonyl (C=O) groups is 1. The molecule has 1 atom stereocenters. The minimum atomic E-state index is -0.309. The summed E-state index contributed by atoms with van der Waals surface area (Å²) in [5.41, 5.74) is 1.92. The van der Waals surface area contributed by atoms with Crippen LogP contribution < -0.4 is 0 Å². The molecule has 140 valence electrons. The van der Waals surface area contributed by atoms with Crippen molar-refractivity contribution in [2.24, 2.45) is 0 Å². The Hall–Kier alpha value is -2.99. The summed E-state index contributed by atoms with van der Waals surface area (Å²) in [6, 6.07) is 12.9. The fourth-order valence-electron chi connectivity index (χ4n) is 2.94. The molecule has 1 amide bonds. The summed E-state index contributed by atoms with van der Waals surface area (Å²) < 4.78 is 5.39. The van der Waals surface area contributed by atoms with E-state index in [0.29, 0.717) is 29.3 Å². The third-order valence-corrected chi connectivity index (χ3v) is 4.53. The molecule has 0 radical (unpaired) electrons. The van der Waals surface area contributed by atoms with Crippen LogP contribution in [0.15, 0.2) is 59.3 Å². The molecule has 1 unspecified atom stereocenters. The van der Waals surface area contributed by atoms with Gasteiger partial charge in [-0.25, -0.2) is 9.97 Å². The first-order valence-corrected chi connectivity index (χ1v) is 8.97. The molecular formula is C21H23N3O3. The number of furan rings is 1. The van der Waals surface area contributed by atoms with Gasteiger partial charge in [0.1, 0.15) is 5.76 Å². The lowest BCUT2D eigenvalue weighted by molar-refractivity contribution is 0.0543. The fraction of sp³-hybridized carbons (Fsp3) is 0.286. The maximum atomic E-state index is 13.2. The Balaban J connectivity index is 1.91. The van der Waals surface area contributed by atoms with Crippen LogP contribution in [-0.2, 0) is 6.54 Å². The number of hydrogen-bond donors (Lipinski definition) is 1. The maximum Gasteiger partial charge on any atom is 0.258 e. The number of aromatic nitrogens is 2. The number of nitrogens with zero attached hydrogens (tertiary/aromatic N) is 3. The summed E-state index contributed by atoms with van der Waals surface area (Å²) in [5.74, 6) is 1.02. The lowest BCUT2D eigenvalue weighted by Crippen LogP contribution is -2.42. The van der Waals surface area contributed by atoms with Crippen LogP contribution >= 0.6 is 0 Å². The highest BCUT2D eigenvalue weighted by Gasteiger charge is 2.26. The van der Waals surface area contributed by atoms with Crippen molar-refractivity contribution in [1.82, 2.24) is 14.9 Å². The van der Waals surface area contributed by atoms with Crippen molar-refractivity contribution < 1.29 is 14.3 Å². The Kier molecular flexibility index (Phi) is 5.98. The lowest BCUT2D eigenvalue weighted by Gasteiger charge is -2.29. The topological polar surface area (TPSA) is 79.5 Å². The van der Waals surface area contributed by atoms with Crippen molar-refractivity contribution in [1.29, 1.82) is 0 Å². The molecule has 0 aliphatic carbocycles. The molecule has 0 aliphatic heterocycles. The van der Waals surface area contributed by atoms with E-state index >= 15 is 0 Å². The Morgan fingerprint density at radius 2 is 2.00 bits per heavy atom. The molecular weight excluding hydrogens is 342 g/mol. The zero-order valence-corrected chi connectivity index (χ0v) is 15.5. The van der Waals surface area contributed by atoms with E-state index in [1.165, 1.54) is 0 Å². The number of aliphatic hydroxyl groups is 1. The quantitative estimate of drug-likeness (QED) is 0.694. The van der Waals surface area contributed by atoms with E-state index in [1.54, 1.807) is 30.4 Å². The van der Waals surface area contributed by atoms with E-state index in [0.717, 1.165) is 5.56 Å². The van der Waals surface area contributed by atoms with Gasteiger partial charge in [-0.15, -0.1) is 0 Å². The first kappa shape index (κ1) is 18.8. The summed E-state index contributed by atoms with van der Waals surface area (Å²) in [6.45, 7) is 3.90. The van der Waals surface area contributed by atoms with Gasteiger partial charge in [-0.2, -0.15) is 0 Å². The molecule has 3 aromatic rings. The minimum Gasteiger partial charge on any atom is -0.467 e. The van der Waals surface area contributed by atoms with Crippen LogP contribution in [0.3, 0.4) is 0 Å². The molecule has 0 bridgehead atoms. The predicted molar refractivity (Wildman–Crippen MR) is 102 cm³/mol. The molecule has 0 spiro atoms. The van der Waals surface area contributed by atoms with Crippen LogP contribution in [-0.4, -0.2) is 38.5 Å². The molecule has 0 fully saturated rings. The Morgan fingerprint density at radius 1 is 1.22 bits per heavy atom. The smallest absolute Gasteiger partial charge is 0.258 e. The van der Waals surface area contributed by atoms with Gasteiger partial charge in [-0.1, -0.05) is 37.3 Å². The highest BCUT2D eigenvalue weighted by Crippen LogP contribution is 2.20. The second kappa shape index (κ2) is 8.60. The summed E-state index contributed by atoms with van der Waals surface area (Å²) in [5, 5.41) is 9.73. The number of aliphatic hydroxyl groups excluding tert-OH is 1. The van der Waals surface area contributed by atoms with E-state index in [4.69, 9.17) is 4.42 Å². The highest BCUT2D eigenvalue weighted by atomic mass is 16.3. The van der Waals surface area contributed by atoms with E-state index in [9.17, 15) is 9.90 Å². The van der Waals surface area contributed by atoms with Crippen molar-refractivity contribution in [3.63, 3.8) is 0 Å². The molecule has 3 rings (SSSR count). The van der Waals surface area contributed by atoms with E-state index < -0.39 is 0 Å². The van der Waals surface area contributed by atoms with E-state index in [1.807, 2.05) is 43.3 Å². The molecule has 0 aliphatic rings. The number of hydrogen-bond acceptors (Lipinski definition) is 5. The molecule has 1 N–H and O–H groups in total. The average Bonchev–Trinajstić information content (AvgIpc) is 3.21. The van der Waals surface area contributed by atoms with E-state index in [2.05, 4.69) is 9.97 Å². The van der Waals surface area contributed by atoms with Crippen LogP contribution in [0.5, 0.6) is 0 Å². The van der Waals surface area contributed by atoms with Crippen molar-refractivity contribution in [3.8, 4) is 11.4 Å². The Labute approximate surface area is 158 Å². The molecule has 0 saturated heterocycles. The van der Waals surface area contributed by atoms with Gasteiger partial charge in [-0.3, -0.25) is 4.79 Å². The number of benzene rings is 1. The number of aryl methyl sites for hydroxylation is 1. The first-order valence-electron chi connectivity index (χ1n) is 8.97. The van der Waals surface area contributed by atoms with Crippen LogP contribution in [0.4, 0.5) is 0 Å². The maximum absolute atomic E-state index is 13.2. The molecule has 0 saturated carbocycles. The largest absolute Gasteiger partial charge is 0.467 e. The number of amides is 1. The zero-order valence-electron chi connectivity index (χ0n) is 15.5. The van der Waals surface area contributed by atoms with Crippen LogP contribution in [0, 0.1) is 6.92 Å². The SMILES string of the molecule is CCC(CO)N(Cc1ccco1)C(=O)c1cnc(-c2ccccc2)nc1C. The summed E-state index contributed by atoms with van der Waals surface area (Å²) >= 11 is 0. The van der Waals surface area contributed by atoms with Crippen molar-refractivity contribution in [2.75, 3.05) is 6.61 Å². The average molecular weight is 365 g/mol. The second-order valence-electron chi connectivity index (χ2n) is 6.32. The van der Waals surface area contributed by atoms with Crippen LogP contribution in [0.1, 0.15) is 35.2 Å². The monoisotopic (exact) mass is 365 g/mol. The third kappa shape index (κ3) is 4.23. The van der Waals surface area contributed by atoms with E-state index in [-0.39, 0.29) is 25.1 Å². The van der Waals surface area contributed by atoms with Crippen molar-refractivity contribution >= 4 is 5.91 Å². The highest BCUT2D eigenvalue weighted by molar-refractivity contribution is 5.95. The zero-order chi connectivity index (χ0) is 19.2. The predicted octanol–water partition coefficient (Wildman–Crippen LogP) is 3.46. The molecule has 2 aromatic heterocycles. The molecule has 27 heavy (non-hydrogen) atoms. The minimum absolute atomic E-state index is 0.120. The van der Waals surface area contributed by atoms with Crippen LogP contribution in [0.2, 0.25) is 0 Å². The Morgan fingerprint density at radius 3 is 2.59 bits per heavy atom. The lowest BCUT2D eigenvalue weighted by atomic mass is 10.1. The van der Waals surface area contributed by atoms with Gasteiger partial charge in [0.25, 0.3) is 5.91 Å². The second-order valence-corrected chi connectivity index (χ2v) is 6.32. The summed E-state index contributed by atoms with van der Waals surface area (Å²) in [6.07, 6.45) is 3.76. The van der Waals surface area contributed by atoms with Crippen LogP contribution in [0.25, 0.3) is 11.4 Å². The van der Waals surface area contributed by atoms with Crippen molar-refractivity contribution in [3.05, 3.63) is 71.9 Å². The number of rotatable bonds is 7. The van der Waals surface area contributed by atoms with Gasteiger partial charge >= 0.3 is 0 Å². The molecule has 6 heteroatoms.